The molecule has 0 heterocycles. The van der Waals surface area contributed by atoms with E-state index in [0.29, 0.717) is 0 Å². The number of para-hydroxylation sites is 1. The highest BCUT2D eigenvalue weighted by Gasteiger charge is 2.29. The monoisotopic (exact) mass is 503 g/mol. The Morgan fingerprint density at radius 2 is 1.69 bits per heavy atom. The largest absolute Gasteiger partial charge is 0.352 e. The molecule has 190 valence electrons. The number of carbonyl (C=O) groups is 2. The van der Waals surface area contributed by atoms with Crippen LogP contribution in [0.2, 0.25) is 0 Å². The van der Waals surface area contributed by atoms with E-state index in [2.05, 4.69) is 5.32 Å². The van der Waals surface area contributed by atoms with Crippen LogP contribution in [0.15, 0.2) is 54.6 Å². The van der Waals surface area contributed by atoms with Gasteiger partial charge in [-0.25, -0.2) is 12.8 Å². The molecule has 0 aromatic heterocycles. The number of amides is 2. The Bertz CT molecular complexity index is 1100. The van der Waals surface area contributed by atoms with Gasteiger partial charge >= 0.3 is 0 Å². The third kappa shape index (κ3) is 7.52. The summed E-state index contributed by atoms with van der Waals surface area (Å²) in [5.41, 5.74) is 0.846. The van der Waals surface area contributed by atoms with Gasteiger partial charge in [0.1, 0.15) is 11.9 Å². The average molecular weight is 504 g/mol. The molecule has 2 aromatic carbocycles. The van der Waals surface area contributed by atoms with Crippen molar-refractivity contribution in [1.82, 2.24) is 10.2 Å². The Labute approximate surface area is 207 Å². The average Bonchev–Trinajstić information content (AvgIpc) is 3.33. The Hall–Kier alpha value is -2.94. The third-order valence-electron chi connectivity index (χ3n) is 6.34. The highest BCUT2D eigenvalue weighted by atomic mass is 32.2. The zero-order valence-electron chi connectivity index (χ0n) is 20.3. The SMILES string of the molecule is CC(C(=O)NC1CCCC1)N(Cc1ccccc1)C(=O)CCCN(c1ccccc1F)S(C)(=O)=O. The maximum atomic E-state index is 14.3. The number of nitrogens with one attached hydrogen (secondary N) is 1. The van der Waals surface area contributed by atoms with Crippen LogP contribution < -0.4 is 9.62 Å². The van der Waals surface area contributed by atoms with Gasteiger partial charge in [0.05, 0.1) is 11.9 Å². The number of benzene rings is 2. The van der Waals surface area contributed by atoms with Crippen LogP contribution in [-0.4, -0.2) is 50.0 Å². The molecule has 1 saturated carbocycles. The van der Waals surface area contributed by atoms with Crippen LogP contribution in [0, 0.1) is 5.82 Å². The van der Waals surface area contributed by atoms with Gasteiger partial charge in [0.2, 0.25) is 21.8 Å². The van der Waals surface area contributed by atoms with Crippen LogP contribution in [-0.2, 0) is 26.2 Å². The molecule has 2 amide bonds. The number of nitrogens with zero attached hydrogens (tertiary/aromatic N) is 2. The summed E-state index contributed by atoms with van der Waals surface area (Å²) in [4.78, 5) is 27.7. The van der Waals surface area contributed by atoms with Gasteiger partial charge in [-0.1, -0.05) is 55.3 Å². The molecule has 1 N–H and O–H groups in total. The first-order valence-electron chi connectivity index (χ1n) is 12.0. The summed E-state index contributed by atoms with van der Waals surface area (Å²) < 4.78 is 39.9. The number of sulfonamides is 1. The van der Waals surface area contributed by atoms with Crippen molar-refractivity contribution in [2.24, 2.45) is 0 Å². The van der Waals surface area contributed by atoms with Gasteiger partial charge < -0.3 is 10.2 Å². The summed E-state index contributed by atoms with van der Waals surface area (Å²) in [6.45, 7) is 1.93. The maximum absolute atomic E-state index is 14.3. The van der Waals surface area contributed by atoms with E-state index in [0.717, 1.165) is 41.8 Å². The van der Waals surface area contributed by atoms with Crippen LogP contribution in [0.5, 0.6) is 0 Å². The number of halogens is 1. The minimum Gasteiger partial charge on any atom is -0.352 e. The zero-order chi connectivity index (χ0) is 25.4. The minimum absolute atomic E-state index is 0.0222. The summed E-state index contributed by atoms with van der Waals surface area (Å²) in [5.74, 6) is -1.10. The topological polar surface area (TPSA) is 86.8 Å². The quantitative estimate of drug-likeness (QED) is 0.505. The summed E-state index contributed by atoms with van der Waals surface area (Å²) in [6.07, 6.45) is 5.29. The van der Waals surface area contributed by atoms with E-state index in [-0.39, 0.29) is 49.5 Å². The molecule has 0 spiro atoms. The van der Waals surface area contributed by atoms with Gasteiger partial charge in [0.25, 0.3) is 0 Å². The van der Waals surface area contributed by atoms with Crippen LogP contribution in [0.1, 0.15) is 51.0 Å². The number of rotatable bonds is 11. The first kappa shape index (κ1) is 26.7. The summed E-state index contributed by atoms with van der Waals surface area (Å²) >= 11 is 0. The van der Waals surface area contributed by atoms with Crippen molar-refractivity contribution in [3.63, 3.8) is 0 Å². The van der Waals surface area contributed by atoms with Crippen LogP contribution >= 0.6 is 0 Å². The lowest BCUT2D eigenvalue weighted by Crippen LogP contribution is -2.49. The lowest BCUT2D eigenvalue weighted by Gasteiger charge is -2.30. The lowest BCUT2D eigenvalue weighted by atomic mass is 10.1. The number of anilines is 1. The number of hydrogen-bond donors (Lipinski definition) is 1. The fourth-order valence-corrected chi connectivity index (χ4v) is 5.36. The first-order valence-corrected chi connectivity index (χ1v) is 13.9. The molecule has 0 bridgehead atoms. The molecule has 1 unspecified atom stereocenters. The van der Waals surface area contributed by atoms with Crippen LogP contribution in [0.25, 0.3) is 0 Å². The molecular formula is C26H34FN3O4S. The van der Waals surface area contributed by atoms with E-state index in [1.165, 1.54) is 23.1 Å². The minimum atomic E-state index is -3.75. The molecule has 9 heteroatoms. The molecule has 1 aliphatic carbocycles. The van der Waals surface area contributed by atoms with Gasteiger partial charge in [-0.3, -0.25) is 13.9 Å². The summed E-state index contributed by atoms with van der Waals surface area (Å²) in [5, 5.41) is 3.06. The van der Waals surface area contributed by atoms with Gasteiger partial charge in [0.15, 0.2) is 0 Å². The molecule has 35 heavy (non-hydrogen) atoms. The fourth-order valence-electron chi connectivity index (χ4n) is 4.39. The second-order valence-corrected chi connectivity index (χ2v) is 11.0. The molecular weight excluding hydrogens is 469 g/mol. The van der Waals surface area contributed by atoms with E-state index in [1.807, 2.05) is 30.3 Å². The van der Waals surface area contributed by atoms with Crippen molar-refractivity contribution in [3.8, 4) is 0 Å². The zero-order valence-corrected chi connectivity index (χ0v) is 21.1. The van der Waals surface area contributed by atoms with Gasteiger partial charge in [-0.15, -0.1) is 0 Å². The van der Waals surface area contributed by atoms with Gasteiger partial charge in [0, 0.05) is 25.6 Å². The molecule has 0 saturated heterocycles. The van der Waals surface area contributed by atoms with Crippen molar-refractivity contribution in [1.29, 1.82) is 0 Å². The molecule has 1 atom stereocenters. The molecule has 2 aromatic rings. The summed E-state index contributed by atoms with van der Waals surface area (Å²) in [6, 6.07) is 14.5. The Kier molecular flexibility index (Phi) is 9.26. The molecule has 1 fully saturated rings. The standard InChI is InChI=1S/C26H34FN3O4S/c1-20(26(32)28-22-13-6-7-14-22)29(19-21-11-4-3-5-12-21)25(31)17-10-18-30(35(2,33)34)24-16-9-8-15-23(24)27/h3-5,8-9,11-12,15-16,20,22H,6-7,10,13-14,17-19H2,1-2H3,(H,28,32). The van der Waals surface area contributed by atoms with E-state index in [1.54, 1.807) is 13.0 Å². The van der Waals surface area contributed by atoms with E-state index in [9.17, 15) is 22.4 Å². The molecule has 1 aliphatic rings. The van der Waals surface area contributed by atoms with Gasteiger partial charge in [-0.05, 0) is 43.9 Å². The second kappa shape index (κ2) is 12.2. The van der Waals surface area contributed by atoms with Crippen molar-refractivity contribution in [2.45, 2.75) is 64.1 Å². The fraction of sp³-hybridized carbons (Fsp3) is 0.462. The van der Waals surface area contributed by atoms with E-state index >= 15 is 0 Å². The summed E-state index contributed by atoms with van der Waals surface area (Å²) in [7, 11) is -3.75. The van der Waals surface area contributed by atoms with Gasteiger partial charge in [-0.2, -0.15) is 0 Å². The molecule has 7 nitrogen and oxygen atoms in total. The molecule has 3 rings (SSSR count). The normalized spacial score (nSPS) is 14.9. The van der Waals surface area contributed by atoms with Crippen LogP contribution in [0.3, 0.4) is 0 Å². The van der Waals surface area contributed by atoms with Crippen molar-refractivity contribution >= 4 is 27.5 Å². The van der Waals surface area contributed by atoms with Crippen LogP contribution in [0.4, 0.5) is 10.1 Å². The Morgan fingerprint density at radius 1 is 1.06 bits per heavy atom. The van der Waals surface area contributed by atoms with E-state index < -0.39 is 21.9 Å². The van der Waals surface area contributed by atoms with Crippen molar-refractivity contribution in [2.75, 3.05) is 17.1 Å². The third-order valence-corrected chi connectivity index (χ3v) is 7.52. The van der Waals surface area contributed by atoms with E-state index in [4.69, 9.17) is 0 Å². The van der Waals surface area contributed by atoms with Crippen molar-refractivity contribution < 1.29 is 22.4 Å². The molecule has 0 aliphatic heterocycles. The first-order chi connectivity index (χ1) is 16.7. The Morgan fingerprint density at radius 3 is 2.31 bits per heavy atom. The highest BCUT2D eigenvalue weighted by molar-refractivity contribution is 7.92. The predicted molar refractivity (Wildman–Crippen MR) is 135 cm³/mol. The second-order valence-electron chi connectivity index (χ2n) is 9.06. The van der Waals surface area contributed by atoms with Crippen molar-refractivity contribution in [3.05, 3.63) is 66.0 Å². The number of hydrogen-bond acceptors (Lipinski definition) is 4. The Balaban J connectivity index is 1.70. The lowest BCUT2D eigenvalue weighted by molar-refractivity contribution is -0.141. The highest BCUT2D eigenvalue weighted by Crippen LogP contribution is 2.23. The number of carbonyl (C=O) groups excluding carboxylic acids is 2. The molecule has 0 radical (unpaired) electrons. The smallest absolute Gasteiger partial charge is 0.242 e. The maximum Gasteiger partial charge on any atom is 0.242 e. The predicted octanol–water partition coefficient (Wildman–Crippen LogP) is 3.85.